The zero-order valence-corrected chi connectivity index (χ0v) is 11.6. The van der Waals surface area contributed by atoms with Crippen molar-refractivity contribution < 1.29 is 13.3 Å². The van der Waals surface area contributed by atoms with E-state index in [1.54, 1.807) is 0 Å². The van der Waals surface area contributed by atoms with E-state index in [1.165, 1.54) is 28.6 Å². The van der Waals surface area contributed by atoms with Crippen molar-refractivity contribution in [3.05, 3.63) is 34.4 Å². The fourth-order valence-corrected chi connectivity index (χ4v) is 3.61. The van der Waals surface area contributed by atoms with Crippen LogP contribution in [0.15, 0.2) is 29.2 Å². The number of sulfonamides is 1. The van der Waals surface area contributed by atoms with Crippen LogP contribution in [-0.2, 0) is 10.0 Å². The SMILES string of the molecule is Cl.NC1CCN(S(=O)(=O)c2ccccc2[N+](=O)[O-])C1. The van der Waals surface area contributed by atoms with E-state index in [2.05, 4.69) is 0 Å². The molecule has 2 rings (SSSR count). The Bertz CT molecular complexity index is 578. The molecule has 9 heteroatoms. The molecule has 1 heterocycles. The Morgan fingerprint density at radius 3 is 2.53 bits per heavy atom. The van der Waals surface area contributed by atoms with Crippen LogP contribution < -0.4 is 5.73 Å². The maximum atomic E-state index is 12.3. The first-order chi connectivity index (χ1) is 8.43. The summed E-state index contributed by atoms with van der Waals surface area (Å²) >= 11 is 0. The fraction of sp³-hybridized carbons (Fsp3) is 0.400. The largest absolute Gasteiger partial charge is 0.326 e. The van der Waals surface area contributed by atoms with Crippen LogP contribution in [0.5, 0.6) is 0 Å². The predicted octanol–water partition coefficient (Wildman–Crippen LogP) is 0.738. The molecule has 1 aromatic carbocycles. The number of rotatable bonds is 3. The Labute approximate surface area is 117 Å². The highest BCUT2D eigenvalue weighted by Gasteiger charge is 2.35. The van der Waals surface area contributed by atoms with Gasteiger partial charge in [-0.3, -0.25) is 10.1 Å². The number of hydrogen-bond donors (Lipinski definition) is 1. The van der Waals surface area contributed by atoms with E-state index in [0.29, 0.717) is 13.0 Å². The molecule has 0 bridgehead atoms. The maximum Gasteiger partial charge on any atom is 0.289 e. The molecular formula is C10H14ClN3O4S. The lowest BCUT2D eigenvalue weighted by Gasteiger charge is -2.15. The van der Waals surface area contributed by atoms with Gasteiger partial charge in [-0.15, -0.1) is 12.4 Å². The number of nitro groups is 1. The summed E-state index contributed by atoms with van der Waals surface area (Å²) in [6, 6.07) is 5.13. The van der Waals surface area contributed by atoms with Crippen molar-refractivity contribution in [1.29, 1.82) is 0 Å². The van der Waals surface area contributed by atoms with E-state index < -0.39 is 20.6 Å². The standard InChI is InChI=1S/C10H13N3O4S.ClH/c11-8-5-6-12(7-8)18(16,17)10-4-2-1-3-9(10)13(14)15;/h1-4,8H,5-7,11H2;1H. The number of nitrogens with two attached hydrogens (primary N) is 1. The zero-order valence-electron chi connectivity index (χ0n) is 9.93. The van der Waals surface area contributed by atoms with Gasteiger partial charge in [0.1, 0.15) is 0 Å². The second-order valence-corrected chi connectivity index (χ2v) is 6.04. The predicted molar refractivity (Wildman–Crippen MR) is 71.7 cm³/mol. The van der Waals surface area contributed by atoms with Crippen LogP contribution in [0.4, 0.5) is 5.69 Å². The van der Waals surface area contributed by atoms with E-state index in [0.717, 1.165) is 0 Å². The lowest BCUT2D eigenvalue weighted by molar-refractivity contribution is -0.387. The summed E-state index contributed by atoms with van der Waals surface area (Å²) in [7, 11) is -3.84. The Morgan fingerprint density at radius 2 is 2.00 bits per heavy atom. The summed E-state index contributed by atoms with van der Waals surface area (Å²) < 4.78 is 25.7. The minimum atomic E-state index is -3.84. The summed E-state index contributed by atoms with van der Waals surface area (Å²) in [5.74, 6) is 0. The zero-order chi connectivity index (χ0) is 13.3. The van der Waals surface area contributed by atoms with Gasteiger partial charge < -0.3 is 5.73 Å². The van der Waals surface area contributed by atoms with E-state index >= 15 is 0 Å². The summed E-state index contributed by atoms with van der Waals surface area (Å²) in [4.78, 5) is 9.88. The van der Waals surface area contributed by atoms with Crippen LogP contribution in [0.3, 0.4) is 0 Å². The van der Waals surface area contributed by atoms with Gasteiger partial charge in [-0.25, -0.2) is 8.42 Å². The van der Waals surface area contributed by atoms with Crippen LogP contribution in [-0.4, -0.2) is 36.8 Å². The van der Waals surface area contributed by atoms with Gasteiger partial charge in [-0.2, -0.15) is 4.31 Å². The number of para-hydroxylation sites is 1. The van der Waals surface area contributed by atoms with Crippen molar-refractivity contribution in [3.8, 4) is 0 Å². The molecule has 1 aliphatic heterocycles. The molecule has 0 aliphatic carbocycles. The van der Waals surface area contributed by atoms with E-state index in [1.807, 2.05) is 0 Å². The molecule has 2 N–H and O–H groups in total. The smallest absolute Gasteiger partial charge is 0.289 e. The summed E-state index contributed by atoms with van der Waals surface area (Å²) in [6.45, 7) is 0.504. The van der Waals surface area contributed by atoms with E-state index in [-0.39, 0.29) is 29.9 Å². The van der Waals surface area contributed by atoms with Crippen LogP contribution in [0.1, 0.15) is 6.42 Å². The van der Waals surface area contributed by atoms with Crippen molar-refractivity contribution in [2.24, 2.45) is 5.73 Å². The Balaban J connectivity index is 0.00000180. The van der Waals surface area contributed by atoms with Gasteiger partial charge in [0.15, 0.2) is 4.90 Å². The molecule has 19 heavy (non-hydrogen) atoms. The highest BCUT2D eigenvalue weighted by molar-refractivity contribution is 7.89. The van der Waals surface area contributed by atoms with Crippen molar-refractivity contribution in [3.63, 3.8) is 0 Å². The third kappa shape index (κ3) is 3.03. The second kappa shape index (κ2) is 5.83. The molecular weight excluding hydrogens is 294 g/mol. The highest BCUT2D eigenvalue weighted by atomic mass is 35.5. The molecule has 1 fully saturated rings. The lowest BCUT2D eigenvalue weighted by atomic mass is 10.3. The molecule has 0 spiro atoms. The molecule has 0 amide bonds. The summed E-state index contributed by atoms with van der Waals surface area (Å²) in [5.41, 5.74) is 5.25. The second-order valence-electron chi connectivity index (χ2n) is 4.14. The average molecular weight is 308 g/mol. The van der Waals surface area contributed by atoms with E-state index in [4.69, 9.17) is 5.73 Å². The van der Waals surface area contributed by atoms with Crippen LogP contribution in [0.25, 0.3) is 0 Å². The van der Waals surface area contributed by atoms with Crippen molar-refractivity contribution >= 4 is 28.1 Å². The first-order valence-corrected chi connectivity index (χ1v) is 6.86. The third-order valence-electron chi connectivity index (χ3n) is 2.87. The molecule has 7 nitrogen and oxygen atoms in total. The number of benzene rings is 1. The Hall–Kier alpha value is -1.22. The van der Waals surface area contributed by atoms with Gasteiger partial charge >= 0.3 is 0 Å². The van der Waals surface area contributed by atoms with Crippen molar-refractivity contribution in [2.45, 2.75) is 17.4 Å². The molecule has 0 saturated carbocycles. The topological polar surface area (TPSA) is 107 Å². The minimum absolute atomic E-state index is 0. The van der Waals surface area contributed by atoms with Gasteiger partial charge in [0.05, 0.1) is 4.92 Å². The molecule has 1 saturated heterocycles. The lowest BCUT2D eigenvalue weighted by Crippen LogP contribution is -2.32. The first-order valence-electron chi connectivity index (χ1n) is 5.42. The quantitative estimate of drug-likeness (QED) is 0.654. The summed E-state index contributed by atoms with van der Waals surface area (Å²) in [6.07, 6.45) is 0.569. The normalized spacial score (nSPS) is 19.9. The van der Waals surface area contributed by atoms with Crippen LogP contribution in [0, 0.1) is 10.1 Å². The molecule has 106 valence electrons. The molecule has 1 aliphatic rings. The number of halogens is 1. The van der Waals surface area contributed by atoms with Crippen LogP contribution in [0.2, 0.25) is 0 Å². The molecule has 1 aromatic rings. The van der Waals surface area contributed by atoms with Gasteiger partial charge in [-0.1, -0.05) is 12.1 Å². The van der Waals surface area contributed by atoms with Crippen molar-refractivity contribution in [1.82, 2.24) is 4.31 Å². The first kappa shape index (κ1) is 15.8. The van der Waals surface area contributed by atoms with Crippen molar-refractivity contribution in [2.75, 3.05) is 13.1 Å². The van der Waals surface area contributed by atoms with Gasteiger partial charge in [0, 0.05) is 25.2 Å². The minimum Gasteiger partial charge on any atom is -0.326 e. The van der Waals surface area contributed by atoms with Gasteiger partial charge in [-0.05, 0) is 12.5 Å². The molecule has 1 unspecified atom stereocenters. The number of hydrogen-bond acceptors (Lipinski definition) is 5. The summed E-state index contributed by atoms with van der Waals surface area (Å²) in [5, 5.41) is 10.8. The molecule has 0 aromatic heterocycles. The monoisotopic (exact) mass is 307 g/mol. The van der Waals surface area contributed by atoms with Crippen LogP contribution >= 0.6 is 12.4 Å². The maximum absolute atomic E-state index is 12.3. The molecule has 0 radical (unpaired) electrons. The van der Waals surface area contributed by atoms with E-state index in [9.17, 15) is 18.5 Å². The highest BCUT2D eigenvalue weighted by Crippen LogP contribution is 2.27. The number of nitrogens with zero attached hydrogens (tertiary/aromatic N) is 2. The average Bonchev–Trinajstić information content (AvgIpc) is 2.76. The van der Waals surface area contributed by atoms with Gasteiger partial charge in [0.25, 0.3) is 5.69 Å². The Morgan fingerprint density at radius 1 is 1.37 bits per heavy atom. The Kier molecular flexibility index (Phi) is 4.86. The molecule has 1 atom stereocenters. The van der Waals surface area contributed by atoms with Gasteiger partial charge in [0.2, 0.25) is 10.0 Å². The number of nitro benzene ring substituents is 1. The fourth-order valence-electron chi connectivity index (χ4n) is 1.94. The third-order valence-corrected chi connectivity index (χ3v) is 4.78.